The van der Waals surface area contributed by atoms with Gasteiger partial charge in [0, 0.05) is 17.5 Å². The lowest BCUT2D eigenvalue weighted by molar-refractivity contribution is -0.124. The van der Waals surface area contributed by atoms with Crippen LogP contribution in [0.4, 0.5) is 0 Å². The van der Waals surface area contributed by atoms with Gasteiger partial charge in [0.15, 0.2) is 0 Å². The van der Waals surface area contributed by atoms with E-state index in [1.807, 2.05) is 29.2 Å². The summed E-state index contributed by atoms with van der Waals surface area (Å²) in [6, 6.07) is 7.20. The van der Waals surface area contributed by atoms with Gasteiger partial charge in [-0.25, -0.2) is 4.79 Å². The average molecular weight is 330 g/mol. The van der Waals surface area contributed by atoms with Crippen molar-refractivity contribution in [1.82, 2.24) is 4.90 Å². The van der Waals surface area contributed by atoms with Gasteiger partial charge in [-0.05, 0) is 32.4 Å². The van der Waals surface area contributed by atoms with Crippen molar-refractivity contribution in [3.63, 3.8) is 0 Å². The van der Waals surface area contributed by atoms with Crippen molar-refractivity contribution in [3.05, 3.63) is 35.6 Å². The molecule has 0 saturated carbocycles. The molecule has 1 atom stereocenters. The highest BCUT2D eigenvalue weighted by Crippen LogP contribution is 2.30. The number of amides is 1. The van der Waals surface area contributed by atoms with Crippen LogP contribution < -0.4 is 5.73 Å². The SMILES string of the molecule is CCOC(=O)c1oc2ccccc2c1CN1CCCC[C@@H]1C(N)=O. The Morgan fingerprint density at radius 1 is 1.33 bits per heavy atom. The van der Waals surface area contributed by atoms with Crippen molar-refractivity contribution in [1.29, 1.82) is 0 Å². The van der Waals surface area contributed by atoms with E-state index in [2.05, 4.69) is 0 Å². The number of furan rings is 1. The molecule has 128 valence electrons. The molecule has 1 amide bonds. The van der Waals surface area contributed by atoms with Gasteiger partial charge in [0.2, 0.25) is 11.7 Å². The van der Waals surface area contributed by atoms with Crippen LogP contribution in [-0.2, 0) is 16.1 Å². The second-order valence-electron chi connectivity index (χ2n) is 6.01. The summed E-state index contributed by atoms with van der Waals surface area (Å²) >= 11 is 0. The van der Waals surface area contributed by atoms with Crippen LogP contribution in [0.15, 0.2) is 28.7 Å². The van der Waals surface area contributed by atoms with Crippen LogP contribution in [0, 0.1) is 0 Å². The molecule has 1 aromatic carbocycles. The van der Waals surface area contributed by atoms with E-state index in [9.17, 15) is 9.59 Å². The zero-order valence-electron chi connectivity index (χ0n) is 13.8. The molecule has 1 saturated heterocycles. The maximum absolute atomic E-state index is 12.3. The second kappa shape index (κ2) is 7.05. The number of para-hydroxylation sites is 1. The third-order valence-electron chi connectivity index (χ3n) is 4.46. The molecule has 6 heteroatoms. The molecule has 0 spiro atoms. The van der Waals surface area contributed by atoms with Crippen LogP contribution in [0.1, 0.15) is 42.3 Å². The number of esters is 1. The standard InChI is InChI=1S/C18H22N2O4/c1-2-23-18(22)16-13(12-7-3-4-9-15(12)24-16)11-20-10-6-5-8-14(20)17(19)21/h3-4,7,9,14H,2,5-6,8,10-11H2,1H3,(H2,19,21)/t14-/m1/s1. The molecule has 0 aliphatic carbocycles. The van der Waals surface area contributed by atoms with Crippen molar-refractivity contribution in [3.8, 4) is 0 Å². The van der Waals surface area contributed by atoms with Crippen LogP contribution in [-0.4, -0.2) is 36.0 Å². The zero-order chi connectivity index (χ0) is 17.1. The monoisotopic (exact) mass is 330 g/mol. The molecule has 2 aromatic rings. The predicted octanol–water partition coefficient (Wildman–Crippen LogP) is 2.45. The molecule has 24 heavy (non-hydrogen) atoms. The lowest BCUT2D eigenvalue weighted by Gasteiger charge is -2.33. The Morgan fingerprint density at radius 3 is 2.88 bits per heavy atom. The number of carbonyl (C=O) groups is 2. The van der Waals surface area contributed by atoms with E-state index in [1.165, 1.54) is 0 Å². The highest BCUT2D eigenvalue weighted by molar-refractivity contribution is 5.96. The highest BCUT2D eigenvalue weighted by Gasteiger charge is 2.30. The minimum Gasteiger partial charge on any atom is -0.460 e. The van der Waals surface area contributed by atoms with E-state index in [-0.39, 0.29) is 24.3 Å². The molecule has 0 bridgehead atoms. The summed E-state index contributed by atoms with van der Waals surface area (Å²) in [5.74, 6) is -0.580. The number of nitrogens with zero attached hydrogens (tertiary/aromatic N) is 1. The number of benzene rings is 1. The number of rotatable bonds is 5. The summed E-state index contributed by atoms with van der Waals surface area (Å²) in [4.78, 5) is 26.0. The second-order valence-corrected chi connectivity index (χ2v) is 6.01. The first-order valence-corrected chi connectivity index (χ1v) is 8.32. The Labute approximate surface area is 140 Å². The summed E-state index contributed by atoms with van der Waals surface area (Å²) in [5, 5.41) is 0.870. The van der Waals surface area contributed by atoms with Gasteiger partial charge in [0.1, 0.15) is 5.58 Å². The van der Waals surface area contributed by atoms with E-state index in [4.69, 9.17) is 14.9 Å². The van der Waals surface area contributed by atoms with Crippen LogP contribution in [0.25, 0.3) is 11.0 Å². The summed E-state index contributed by atoms with van der Waals surface area (Å²) in [5.41, 5.74) is 6.95. The lowest BCUT2D eigenvalue weighted by Crippen LogP contribution is -2.47. The fraction of sp³-hybridized carbons (Fsp3) is 0.444. The quantitative estimate of drug-likeness (QED) is 0.851. The number of hydrogen-bond acceptors (Lipinski definition) is 5. The number of carbonyl (C=O) groups excluding carboxylic acids is 2. The summed E-state index contributed by atoms with van der Waals surface area (Å²) in [7, 11) is 0. The number of hydrogen-bond donors (Lipinski definition) is 1. The van der Waals surface area contributed by atoms with Gasteiger partial charge in [-0.15, -0.1) is 0 Å². The zero-order valence-corrected chi connectivity index (χ0v) is 13.8. The molecule has 1 aromatic heterocycles. The molecule has 1 aliphatic rings. The summed E-state index contributed by atoms with van der Waals surface area (Å²) in [6.45, 7) is 3.26. The minimum absolute atomic E-state index is 0.215. The van der Waals surface area contributed by atoms with Crippen molar-refractivity contribution >= 4 is 22.8 Å². The fourth-order valence-corrected chi connectivity index (χ4v) is 3.32. The maximum atomic E-state index is 12.3. The molecular formula is C18H22N2O4. The van der Waals surface area contributed by atoms with Crippen LogP contribution in [0.3, 0.4) is 0 Å². The normalized spacial score (nSPS) is 18.6. The number of nitrogens with two attached hydrogens (primary N) is 1. The topological polar surface area (TPSA) is 85.8 Å². The van der Waals surface area contributed by atoms with Crippen molar-refractivity contribution < 1.29 is 18.7 Å². The van der Waals surface area contributed by atoms with Gasteiger partial charge < -0.3 is 14.9 Å². The third-order valence-corrected chi connectivity index (χ3v) is 4.46. The molecule has 1 fully saturated rings. The first kappa shape index (κ1) is 16.5. The van der Waals surface area contributed by atoms with Gasteiger partial charge in [-0.1, -0.05) is 24.6 Å². The average Bonchev–Trinajstić information content (AvgIpc) is 2.94. The number of ether oxygens (including phenoxy) is 1. The Morgan fingerprint density at radius 2 is 2.12 bits per heavy atom. The highest BCUT2D eigenvalue weighted by atomic mass is 16.5. The molecule has 2 heterocycles. The third kappa shape index (κ3) is 3.14. The van der Waals surface area contributed by atoms with E-state index >= 15 is 0 Å². The van der Waals surface area contributed by atoms with Gasteiger partial charge >= 0.3 is 5.97 Å². The molecule has 1 aliphatic heterocycles. The predicted molar refractivity (Wildman–Crippen MR) is 89.4 cm³/mol. The Kier molecular flexibility index (Phi) is 4.85. The van der Waals surface area contributed by atoms with E-state index in [0.717, 1.165) is 36.8 Å². The summed E-state index contributed by atoms with van der Waals surface area (Å²) < 4.78 is 10.9. The fourth-order valence-electron chi connectivity index (χ4n) is 3.32. The minimum atomic E-state index is -0.476. The van der Waals surface area contributed by atoms with E-state index < -0.39 is 5.97 Å². The number of fused-ring (bicyclic) bond motifs is 1. The Hall–Kier alpha value is -2.34. The number of piperidine rings is 1. The molecule has 0 unspecified atom stereocenters. The molecule has 2 N–H and O–H groups in total. The lowest BCUT2D eigenvalue weighted by atomic mass is 10.00. The Balaban J connectivity index is 1.98. The van der Waals surface area contributed by atoms with Crippen molar-refractivity contribution in [2.45, 2.75) is 38.8 Å². The van der Waals surface area contributed by atoms with Crippen LogP contribution in [0.5, 0.6) is 0 Å². The molecular weight excluding hydrogens is 308 g/mol. The van der Waals surface area contributed by atoms with Gasteiger partial charge in [-0.3, -0.25) is 9.69 Å². The van der Waals surface area contributed by atoms with Gasteiger partial charge in [-0.2, -0.15) is 0 Å². The maximum Gasteiger partial charge on any atom is 0.374 e. The molecule has 0 radical (unpaired) electrons. The van der Waals surface area contributed by atoms with Crippen LogP contribution in [0.2, 0.25) is 0 Å². The van der Waals surface area contributed by atoms with Gasteiger partial charge in [0.05, 0.1) is 12.6 Å². The van der Waals surface area contributed by atoms with Crippen molar-refractivity contribution in [2.75, 3.05) is 13.2 Å². The van der Waals surface area contributed by atoms with Crippen molar-refractivity contribution in [2.24, 2.45) is 5.73 Å². The molecule has 6 nitrogen and oxygen atoms in total. The largest absolute Gasteiger partial charge is 0.460 e. The number of likely N-dealkylation sites (tertiary alicyclic amines) is 1. The van der Waals surface area contributed by atoms with Gasteiger partial charge in [0.25, 0.3) is 0 Å². The summed E-state index contributed by atoms with van der Waals surface area (Å²) in [6.07, 6.45) is 2.75. The van der Waals surface area contributed by atoms with E-state index in [0.29, 0.717) is 12.1 Å². The first-order chi connectivity index (χ1) is 11.6. The number of primary amides is 1. The Bertz CT molecular complexity index is 753. The molecule has 3 rings (SSSR count). The van der Waals surface area contributed by atoms with Crippen LogP contribution >= 0.6 is 0 Å². The first-order valence-electron chi connectivity index (χ1n) is 8.32. The smallest absolute Gasteiger partial charge is 0.374 e. The van der Waals surface area contributed by atoms with E-state index in [1.54, 1.807) is 6.92 Å².